The second kappa shape index (κ2) is 6.75. The number of hydrogen-bond donors (Lipinski definition) is 2. The molecule has 1 saturated heterocycles. The number of anilines is 1. The van der Waals surface area contributed by atoms with Crippen molar-refractivity contribution in [2.24, 2.45) is 0 Å². The maximum Gasteiger partial charge on any atom is 0.242 e. The number of rotatable bonds is 5. The lowest BCUT2D eigenvalue weighted by molar-refractivity contribution is -0.121. The van der Waals surface area contributed by atoms with Gasteiger partial charge in [0.05, 0.1) is 0 Å². The quantitative estimate of drug-likeness (QED) is 0.861. The van der Waals surface area contributed by atoms with Crippen LogP contribution in [0, 0.1) is 6.92 Å². The van der Waals surface area contributed by atoms with Gasteiger partial charge in [-0.2, -0.15) is 0 Å². The van der Waals surface area contributed by atoms with Crippen LogP contribution < -0.4 is 15.5 Å². The van der Waals surface area contributed by atoms with Crippen molar-refractivity contribution in [3.05, 3.63) is 29.3 Å². The van der Waals surface area contributed by atoms with Crippen molar-refractivity contribution in [1.82, 2.24) is 10.6 Å². The van der Waals surface area contributed by atoms with Gasteiger partial charge in [-0.1, -0.05) is 24.6 Å². The fraction of sp³-hybridized carbons (Fsp3) is 0.562. The number of likely N-dealkylation sites (N-methyl/N-ethyl adjacent to an activating group) is 1. The lowest BCUT2D eigenvalue weighted by Gasteiger charge is -2.28. The average molecular weight is 275 g/mol. The summed E-state index contributed by atoms with van der Waals surface area (Å²) in [6, 6.07) is 6.48. The van der Waals surface area contributed by atoms with E-state index in [4.69, 9.17) is 0 Å². The summed E-state index contributed by atoms with van der Waals surface area (Å²) in [5.41, 5.74) is 3.74. The molecule has 1 aliphatic heterocycles. The molecule has 4 nitrogen and oxygen atoms in total. The molecule has 0 saturated carbocycles. The van der Waals surface area contributed by atoms with Crippen LogP contribution in [0.3, 0.4) is 0 Å². The van der Waals surface area contributed by atoms with Crippen molar-refractivity contribution in [2.45, 2.75) is 39.3 Å². The zero-order chi connectivity index (χ0) is 14.5. The van der Waals surface area contributed by atoms with E-state index in [1.165, 1.54) is 16.8 Å². The standard InChI is InChI=1S/C16H25N3O/c1-4-18-11-13-10-12(2)7-8-14(13)19-9-5-6-15(19)16(20)17-3/h7-8,10,15,18H,4-6,9,11H2,1-3H3,(H,17,20). The average Bonchev–Trinajstić information content (AvgIpc) is 2.93. The Kier molecular flexibility index (Phi) is 5.01. The minimum Gasteiger partial charge on any atom is -0.359 e. The zero-order valence-corrected chi connectivity index (χ0v) is 12.7. The SMILES string of the molecule is CCNCc1cc(C)ccc1N1CCCC1C(=O)NC. The smallest absolute Gasteiger partial charge is 0.242 e. The third kappa shape index (κ3) is 3.12. The lowest BCUT2D eigenvalue weighted by Crippen LogP contribution is -2.42. The van der Waals surface area contributed by atoms with Gasteiger partial charge >= 0.3 is 0 Å². The molecule has 0 spiro atoms. The third-order valence-corrected chi connectivity index (χ3v) is 3.91. The molecule has 1 fully saturated rings. The van der Waals surface area contributed by atoms with Crippen LogP contribution in [0.25, 0.3) is 0 Å². The highest BCUT2D eigenvalue weighted by atomic mass is 16.2. The number of amides is 1. The Morgan fingerprint density at radius 2 is 2.25 bits per heavy atom. The van der Waals surface area contributed by atoms with Crippen LogP contribution in [0.15, 0.2) is 18.2 Å². The number of benzene rings is 1. The van der Waals surface area contributed by atoms with E-state index in [1.54, 1.807) is 7.05 Å². The molecule has 2 rings (SSSR count). The van der Waals surface area contributed by atoms with Gasteiger partial charge in [-0.25, -0.2) is 0 Å². The van der Waals surface area contributed by atoms with Crippen LogP contribution in [0.2, 0.25) is 0 Å². The molecule has 1 aromatic rings. The zero-order valence-electron chi connectivity index (χ0n) is 12.7. The summed E-state index contributed by atoms with van der Waals surface area (Å²) in [6.07, 6.45) is 2.01. The van der Waals surface area contributed by atoms with Gasteiger partial charge in [0.15, 0.2) is 0 Å². The molecule has 1 aromatic carbocycles. The Hall–Kier alpha value is -1.55. The van der Waals surface area contributed by atoms with E-state index in [0.29, 0.717) is 0 Å². The van der Waals surface area contributed by atoms with Gasteiger partial charge in [0.25, 0.3) is 0 Å². The fourth-order valence-corrected chi connectivity index (χ4v) is 2.89. The van der Waals surface area contributed by atoms with E-state index in [9.17, 15) is 4.79 Å². The van der Waals surface area contributed by atoms with Gasteiger partial charge < -0.3 is 15.5 Å². The summed E-state index contributed by atoms with van der Waals surface area (Å²) in [4.78, 5) is 14.3. The molecule has 1 heterocycles. The second-order valence-corrected chi connectivity index (χ2v) is 5.38. The van der Waals surface area contributed by atoms with E-state index in [0.717, 1.165) is 32.5 Å². The molecule has 0 aromatic heterocycles. The third-order valence-electron chi connectivity index (χ3n) is 3.91. The predicted octanol–water partition coefficient (Wildman–Crippen LogP) is 1.82. The Labute approximate surface area is 121 Å². The highest BCUT2D eigenvalue weighted by Gasteiger charge is 2.31. The monoisotopic (exact) mass is 275 g/mol. The van der Waals surface area contributed by atoms with Crippen molar-refractivity contribution in [2.75, 3.05) is 25.0 Å². The minimum atomic E-state index is -0.0249. The van der Waals surface area contributed by atoms with Crippen molar-refractivity contribution in [3.8, 4) is 0 Å². The molecule has 1 atom stereocenters. The number of carbonyl (C=O) groups excluding carboxylic acids is 1. The highest BCUT2D eigenvalue weighted by Crippen LogP contribution is 2.29. The molecule has 1 aliphatic rings. The highest BCUT2D eigenvalue weighted by molar-refractivity contribution is 5.86. The molecule has 110 valence electrons. The Balaban J connectivity index is 2.28. The van der Waals surface area contributed by atoms with E-state index in [1.807, 2.05) is 0 Å². The van der Waals surface area contributed by atoms with Crippen molar-refractivity contribution in [3.63, 3.8) is 0 Å². The predicted molar refractivity (Wildman–Crippen MR) is 83.0 cm³/mol. The molecular formula is C16H25N3O. The van der Waals surface area contributed by atoms with Crippen molar-refractivity contribution >= 4 is 11.6 Å². The number of nitrogens with one attached hydrogen (secondary N) is 2. The van der Waals surface area contributed by atoms with E-state index >= 15 is 0 Å². The van der Waals surface area contributed by atoms with Gasteiger partial charge in [-0.15, -0.1) is 0 Å². The van der Waals surface area contributed by atoms with Crippen LogP contribution in [-0.2, 0) is 11.3 Å². The summed E-state index contributed by atoms with van der Waals surface area (Å²) >= 11 is 0. The summed E-state index contributed by atoms with van der Waals surface area (Å²) < 4.78 is 0. The first-order valence-corrected chi connectivity index (χ1v) is 7.45. The van der Waals surface area contributed by atoms with Crippen LogP contribution in [0.5, 0.6) is 0 Å². The van der Waals surface area contributed by atoms with E-state index in [-0.39, 0.29) is 11.9 Å². The summed E-state index contributed by atoms with van der Waals surface area (Å²) in [6.45, 7) is 6.98. The van der Waals surface area contributed by atoms with Gasteiger partial charge in [0, 0.05) is 25.8 Å². The Bertz CT molecular complexity index is 473. The minimum absolute atomic E-state index is 0.0249. The topological polar surface area (TPSA) is 44.4 Å². The number of carbonyl (C=O) groups is 1. The van der Waals surface area contributed by atoms with Crippen LogP contribution >= 0.6 is 0 Å². The molecule has 20 heavy (non-hydrogen) atoms. The van der Waals surface area contributed by atoms with Crippen molar-refractivity contribution < 1.29 is 4.79 Å². The maximum atomic E-state index is 12.0. The van der Waals surface area contributed by atoms with Gasteiger partial charge in [0.2, 0.25) is 5.91 Å². The number of aryl methyl sites for hydroxylation is 1. The van der Waals surface area contributed by atoms with Gasteiger partial charge in [-0.3, -0.25) is 4.79 Å². The fourth-order valence-electron chi connectivity index (χ4n) is 2.89. The Morgan fingerprint density at radius 1 is 1.45 bits per heavy atom. The Morgan fingerprint density at radius 3 is 2.95 bits per heavy atom. The summed E-state index contributed by atoms with van der Waals surface area (Å²) in [7, 11) is 1.72. The molecule has 0 bridgehead atoms. The van der Waals surface area contributed by atoms with Crippen LogP contribution in [-0.4, -0.2) is 32.1 Å². The molecule has 4 heteroatoms. The summed E-state index contributed by atoms with van der Waals surface area (Å²) in [5, 5.41) is 6.17. The van der Waals surface area contributed by atoms with Crippen LogP contribution in [0.4, 0.5) is 5.69 Å². The second-order valence-electron chi connectivity index (χ2n) is 5.38. The van der Waals surface area contributed by atoms with E-state index < -0.39 is 0 Å². The normalized spacial score (nSPS) is 18.4. The van der Waals surface area contributed by atoms with Gasteiger partial charge in [-0.05, 0) is 37.9 Å². The largest absolute Gasteiger partial charge is 0.359 e. The molecule has 1 amide bonds. The van der Waals surface area contributed by atoms with Crippen LogP contribution in [0.1, 0.15) is 30.9 Å². The molecule has 0 radical (unpaired) electrons. The number of nitrogens with zero attached hydrogens (tertiary/aromatic N) is 1. The molecule has 2 N–H and O–H groups in total. The maximum absolute atomic E-state index is 12.0. The molecular weight excluding hydrogens is 250 g/mol. The first-order chi connectivity index (χ1) is 9.67. The first-order valence-electron chi connectivity index (χ1n) is 7.45. The van der Waals surface area contributed by atoms with Gasteiger partial charge in [0.1, 0.15) is 6.04 Å². The lowest BCUT2D eigenvalue weighted by atomic mass is 10.1. The number of hydrogen-bond acceptors (Lipinski definition) is 3. The first kappa shape index (κ1) is 14.9. The summed E-state index contributed by atoms with van der Waals surface area (Å²) in [5.74, 6) is 0.123. The van der Waals surface area contributed by atoms with Crippen molar-refractivity contribution in [1.29, 1.82) is 0 Å². The molecule has 0 aliphatic carbocycles. The van der Waals surface area contributed by atoms with E-state index in [2.05, 4.69) is 47.6 Å². The molecule has 1 unspecified atom stereocenters.